The number of benzene rings is 2. The van der Waals surface area contributed by atoms with Gasteiger partial charge < -0.3 is 4.90 Å². The third-order valence-corrected chi connectivity index (χ3v) is 5.44. The van der Waals surface area contributed by atoms with E-state index in [1.807, 2.05) is 6.07 Å². The zero-order valence-corrected chi connectivity index (χ0v) is 13.6. The van der Waals surface area contributed by atoms with E-state index >= 15 is 0 Å². The Morgan fingerprint density at radius 2 is 1.78 bits per heavy atom. The van der Waals surface area contributed by atoms with Gasteiger partial charge in [0.15, 0.2) is 0 Å². The third-order valence-electron chi connectivity index (χ3n) is 5.21. The predicted octanol–water partition coefficient (Wildman–Crippen LogP) is 5.25. The van der Waals surface area contributed by atoms with Crippen molar-refractivity contribution in [3.8, 4) is 11.1 Å². The molecule has 0 saturated carbocycles. The molecule has 0 unspecified atom stereocenters. The highest BCUT2D eigenvalue weighted by Crippen LogP contribution is 2.48. The van der Waals surface area contributed by atoms with E-state index in [-0.39, 0.29) is 0 Å². The van der Waals surface area contributed by atoms with Gasteiger partial charge in [-0.05, 0) is 36.6 Å². The first-order valence-electron chi connectivity index (χ1n) is 8.25. The predicted molar refractivity (Wildman–Crippen MR) is 96.4 cm³/mol. The standard InChI is InChI=1S/C20H17ClN2/c21-15-6-7-17-16(12-15)18(13-4-2-1-3-5-13)20-19(22-17)14-8-10-23(20)11-9-14/h1-7,12,14H,8-11H2. The Balaban J connectivity index is 1.93. The van der Waals surface area contributed by atoms with Crippen LogP contribution in [0.25, 0.3) is 22.0 Å². The van der Waals surface area contributed by atoms with Gasteiger partial charge in [-0.3, -0.25) is 4.98 Å². The Kier molecular flexibility index (Phi) is 2.89. The summed E-state index contributed by atoms with van der Waals surface area (Å²) < 4.78 is 0. The quantitative estimate of drug-likeness (QED) is 0.608. The van der Waals surface area contributed by atoms with E-state index in [2.05, 4.69) is 47.4 Å². The van der Waals surface area contributed by atoms with Crippen LogP contribution in [0.4, 0.5) is 5.69 Å². The number of nitrogens with zero attached hydrogens (tertiary/aromatic N) is 2. The Bertz CT molecular complexity index is 896. The molecule has 0 amide bonds. The van der Waals surface area contributed by atoms with Crippen molar-refractivity contribution in [1.82, 2.24) is 4.98 Å². The molecule has 3 aliphatic rings. The summed E-state index contributed by atoms with van der Waals surface area (Å²) in [6.07, 6.45) is 2.46. The van der Waals surface area contributed by atoms with Crippen molar-refractivity contribution >= 4 is 28.2 Å². The molecule has 0 N–H and O–H groups in total. The summed E-state index contributed by atoms with van der Waals surface area (Å²) in [5.74, 6) is 0.609. The van der Waals surface area contributed by atoms with E-state index in [1.54, 1.807) is 0 Å². The van der Waals surface area contributed by atoms with E-state index in [0.717, 1.165) is 29.0 Å². The zero-order chi connectivity index (χ0) is 15.4. The Morgan fingerprint density at radius 3 is 2.57 bits per heavy atom. The fraction of sp³-hybridized carbons (Fsp3) is 0.250. The van der Waals surface area contributed by atoms with Crippen molar-refractivity contribution < 1.29 is 0 Å². The lowest BCUT2D eigenvalue weighted by Crippen LogP contribution is -2.39. The summed E-state index contributed by atoms with van der Waals surface area (Å²) in [5.41, 5.74) is 6.24. The average molecular weight is 321 g/mol. The highest BCUT2D eigenvalue weighted by atomic mass is 35.5. The molecule has 0 aliphatic carbocycles. The number of halogens is 1. The summed E-state index contributed by atoms with van der Waals surface area (Å²) in [7, 11) is 0. The molecule has 1 saturated heterocycles. The molecule has 0 atom stereocenters. The summed E-state index contributed by atoms with van der Waals surface area (Å²) in [6.45, 7) is 2.29. The van der Waals surface area contributed by atoms with Crippen LogP contribution in [-0.4, -0.2) is 18.1 Å². The molecule has 2 bridgehead atoms. The molecular weight excluding hydrogens is 304 g/mol. The van der Waals surface area contributed by atoms with Crippen LogP contribution in [0.5, 0.6) is 0 Å². The first-order valence-corrected chi connectivity index (χ1v) is 8.62. The molecule has 2 aromatic carbocycles. The number of hydrogen-bond acceptors (Lipinski definition) is 2. The number of fused-ring (bicyclic) bond motifs is 3. The summed E-state index contributed by atoms with van der Waals surface area (Å²) in [4.78, 5) is 7.54. The van der Waals surface area contributed by atoms with Crippen LogP contribution < -0.4 is 4.90 Å². The maximum atomic E-state index is 6.30. The molecule has 3 aromatic rings. The van der Waals surface area contributed by atoms with Gasteiger partial charge in [-0.25, -0.2) is 0 Å². The summed E-state index contributed by atoms with van der Waals surface area (Å²) in [6, 6.07) is 16.7. The largest absolute Gasteiger partial charge is 0.369 e. The molecule has 1 aromatic heterocycles. The van der Waals surface area contributed by atoms with Crippen LogP contribution in [0.1, 0.15) is 24.5 Å². The Labute approximate surface area is 140 Å². The molecular formula is C20H17ClN2. The third kappa shape index (κ3) is 1.98. The monoisotopic (exact) mass is 320 g/mol. The Morgan fingerprint density at radius 1 is 1.00 bits per heavy atom. The molecule has 114 valence electrons. The van der Waals surface area contributed by atoms with Crippen molar-refractivity contribution in [2.45, 2.75) is 18.8 Å². The first kappa shape index (κ1) is 13.4. The normalized spacial score (nSPS) is 16.8. The maximum absolute atomic E-state index is 6.30. The van der Waals surface area contributed by atoms with Gasteiger partial charge in [0.05, 0.1) is 16.9 Å². The van der Waals surface area contributed by atoms with Gasteiger partial charge in [-0.15, -0.1) is 0 Å². The fourth-order valence-electron chi connectivity index (χ4n) is 4.12. The summed E-state index contributed by atoms with van der Waals surface area (Å²) >= 11 is 6.30. The van der Waals surface area contributed by atoms with Crippen LogP contribution in [0.2, 0.25) is 5.02 Å². The van der Waals surface area contributed by atoms with E-state index in [0.29, 0.717) is 5.92 Å². The highest BCUT2D eigenvalue weighted by molar-refractivity contribution is 6.31. The minimum Gasteiger partial charge on any atom is -0.369 e. The van der Waals surface area contributed by atoms with Crippen LogP contribution in [0.15, 0.2) is 48.5 Å². The minimum absolute atomic E-state index is 0.609. The molecule has 3 heteroatoms. The van der Waals surface area contributed by atoms with Gasteiger partial charge in [0, 0.05) is 35.0 Å². The summed E-state index contributed by atoms with van der Waals surface area (Å²) in [5, 5.41) is 1.93. The van der Waals surface area contributed by atoms with Crippen LogP contribution >= 0.6 is 11.6 Å². The Hall–Kier alpha value is -2.06. The van der Waals surface area contributed by atoms with E-state index in [4.69, 9.17) is 16.6 Å². The van der Waals surface area contributed by atoms with Gasteiger partial charge >= 0.3 is 0 Å². The van der Waals surface area contributed by atoms with Crippen LogP contribution in [0.3, 0.4) is 0 Å². The molecule has 0 radical (unpaired) electrons. The number of hydrogen-bond donors (Lipinski definition) is 0. The number of anilines is 1. The fourth-order valence-corrected chi connectivity index (χ4v) is 4.29. The lowest BCUT2D eigenvalue weighted by atomic mass is 9.83. The topological polar surface area (TPSA) is 16.1 Å². The van der Waals surface area contributed by atoms with Gasteiger partial charge in [0.1, 0.15) is 0 Å². The lowest BCUT2D eigenvalue weighted by Gasteiger charge is -2.43. The molecule has 3 aliphatic heterocycles. The van der Waals surface area contributed by atoms with Crippen molar-refractivity contribution in [3.05, 3.63) is 59.2 Å². The van der Waals surface area contributed by atoms with E-state index < -0.39 is 0 Å². The molecule has 23 heavy (non-hydrogen) atoms. The molecule has 1 fully saturated rings. The van der Waals surface area contributed by atoms with Gasteiger partial charge in [-0.1, -0.05) is 41.9 Å². The number of pyridine rings is 1. The van der Waals surface area contributed by atoms with E-state index in [9.17, 15) is 0 Å². The van der Waals surface area contributed by atoms with Crippen molar-refractivity contribution in [2.24, 2.45) is 0 Å². The van der Waals surface area contributed by atoms with Crippen molar-refractivity contribution in [2.75, 3.05) is 18.0 Å². The second kappa shape index (κ2) is 4.97. The van der Waals surface area contributed by atoms with Crippen LogP contribution in [-0.2, 0) is 0 Å². The second-order valence-electron chi connectivity index (χ2n) is 6.51. The van der Waals surface area contributed by atoms with Gasteiger partial charge in [0.2, 0.25) is 0 Å². The van der Waals surface area contributed by atoms with Crippen molar-refractivity contribution in [1.29, 1.82) is 0 Å². The van der Waals surface area contributed by atoms with Crippen molar-refractivity contribution in [3.63, 3.8) is 0 Å². The lowest BCUT2D eigenvalue weighted by molar-refractivity contribution is 0.466. The smallest absolute Gasteiger partial charge is 0.0714 e. The minimum atomic E-state index is 0.609. The molecule has 2 nitrogen and oxygen atoms in total. The van der Waals surface area contributed by atoms with Crippen LogP contribution in [0, 0.1) is 0 Å². The SMILES string of the molecule is Clc1ccc2nc3c(c(-c4ccccc4)c2c1)N1CCC3CC1. The second-order valence-corrected chi connectivity index (χ2v) is 6.95. The number of rotatable bonds is 1. The first-order chi connectivity index (χ1) is 11.3. The zero-order valence-electron chi connectivity index (χ0n) is 12.8. The van der Waals surface area contributed by atoms with Gasteiger partial charge in [0.25, 0.3) is 0 Å². The number of aromatic nitrogens is 1. The van der Waals surface area contributed by atoms with Gasteiger partial charge in [-0.2, -0.15) is 0 Å². The maximum Gasteiger partial charge on any atom is 0.0714 e. The highest BCUT2D eigenvalue weighted by Gasteiger charge is 2.35. The molecule has 0 spiro atoms. The number of piperidine rings is 1. The molecule has 4 heterocycles. The molecule has 6 rings (SSSR count). The average Bonchev–Trinajstić information content (AvgIpc) is 2.61. The van der Waals surface area contributed by atoms with E-state index in [1.165, 1.54) is 35.3 Å².